The summed E-state index contributed by atoms with van der Waals surface area (Å²) in [4.78, 5) is 24.7. The van der Waals surface area contributed by atoms with Gasteiger partial charge in [-0.05, 0) is 46.3 Å². The van der Waals surface area contributed by atoms with Crippen molar-refractivity contribution in [3.63, 3.8) is 0 Å². The van der Waals surface area contributed by atoms with Crippen LogP contribution in [0.1, 0.15) is 37.0 Å². The van der Waals surface area contributed by atoms with Gasteiger partial charge in [0, 0.05) is 24.8 Å². The number of rotatable bonds is 7. The summed E-state index contributed by atoms with van der Waals surface area (Å²) in [7, 11) is 2.07. The van der Waals surface area contributed by atoms with E-state index in [4.69, 9.17) is 5.11 Å². The summed E-state index contributed by atoms with van der Waals surface area (Å²) in [5.41, 5.74) is 0.00103. The minimum Gasteiger partial charge on any atom is -0.478 e. The number of carboxylic acid groups (broad SMARTS) is 1. The lowest BCUT2D eigenvalue weighted by molar-refractivity contribution is 0.0695. The van der Waals surface area contributed by atoms with E-state index < -0.39 is 5.97 Å². The Labute approximate surface area is 113 Å². The zero-order valence-electron chi connectivity index (χ0n) is 11.8. The van der Waals surface area contributed by atoms with Gasteiger partial charge in [0.15, 0.2) is 0 Å². The Bertz CT molecular complexity index is 480. The van der Waals surface area contributed by atoms with E-state index in [1.165, 1.54) is 22.9 Å². The van der Waals surface area contributed by atoms with Crippen LogP contribution in [0.2, 0.25) is 0 Å². The minimum absolute atomic E-state index is 0.151. The Morgan fingerprint density at radius 3 is 2.63 bits per heavy atom. The first kappa shape index (κ1) is 15.4. The minimum atomic E-state index is -1.01. The number of nitrogens with zero attached hydrogens (tertiary/aromatic N) is 2. The van der Waals surface area contributed by atoms with Crippen molar-refractivity contribution in [1.29, 1.82) is 0 Å². The predicted octanol–water partition coefficient (Wildman–Crippen LogP) is 1.67. The van der Waals surface area contributed by atoms with Crippen molar-refractivity contribution in [2.45, 2.75) is 39.3 Å². The summed E-state index contributed by atoms with van der Waals surface area (Å²) in [5, 5.41) is 8.88. The molecule has 0 saturated carbocycles. The van der Waals surface area contributed by atoms with E-state index in [0.717, 1.165) is 19.4 Å². The molecule has 0 unspecified atom stereocenters. The van der Waals surface area contributed by atoms with Crippen LogP contribution in [0.15, 0.2) is 23.1 Å². The number of pyridine rings is 1. The summed E-state index contributed by atoms with van der Waals surface area (Å²) in [6, 6.07) is 3.16. The third-order valence-electron chi connectivity index (χ3n) is 3.27. The molecule has 0 spiro atoms. The number of carbonyl (C=O) groups is 1. The molecule has 0 aliphatic carbocycles. The fourth-order valence-corrected chi connectivity index (χ4v) is 1.73. The molecule has 1 rings (SSSR count). The maximum absolute atomic E-state index is 11.6. The molecule has 0 amide bonds. The van der Waals surface area contributed by atoms with Crippen molar-refractivity contribution in [3.8, 4) is 0 Å². The van der Waals surface area contributed by atoms with Gasteiger partial charge >= 0.3 is 5.97 Å². The molecule has 0 aromatic carbocycles. The Morgan fingerprint density at radius 1 is 1.37 bits per heavy atom. The Kier molecular flexibility index (Phi) is 5.76. The van der Waals surface area contributed by atoms with E-state index in [-0.39, 0.29) is 11.1 Å². The molecule has 0 bridgehead atoms. The predicted molar refractivity (Wildman–Crippen MR) is 74.7 cm³/mol. The molecule has 5 nitrogen and oxygen atoms in total. The van der Waals surface area contributed by atoms with Gasteiger partial charge in [-0.1, -0.05) is 0 Å². The molecule has 0 fully saturated rings. The smallest absolute Gasteiger partial charge is 0.337 e. The summed E-state index contributed by atoms with van der Waals surface area (Å²) in [6.45, 7) is 5.82. The first-order chi connectivity index (χ1) is 8.91. The molecule has 0 atom stereocenters. The molecule has 19 heavy (non-hydrogen) atoms. The van der Waals surface area contributed by atoms with Gasteiger partial charge in [-0.25, -0.2) is 4.79 Å². The number of carboxylic acids is 1. The number of hydrogen-bond donors (Lipinski definition) is 1. The van der Waals surface area contributed by atoms with Gasteiger partial charge < -0.3 is 14.6 Å². The van der Waals surface area contributed by atoms with Gasteiger partial charge in [0.25, 0.3) is 5.56 Å². The highest BCUT2D eigenvalue weighted by atomic mass is 16.4. The number of unbranched alkanes of at least 4 members (excludes halogenated alkanes) is 1. The average molecular weight is 266 g/mol. The molecular weight excluding hydrogens is 244 g/mol. The van der Waals surface area contributed by atoms with E-state index in [2.05, 4.69) is 25.8 Å². The van der Waals surface area contributed by atoms with Gasteiger partial charge in [-0.3, -0.25) is 4.79 Å². The topological polar surface area (TPSA) is 62.5 Å². The largest absolute Gasteiger partial charge is 0.478 e. The van der Waals surface area contributed by atoms with Crippen LogP contribution in [0.4, 0.5) is 0 Å². The normalized spacial score (nSPS) is 11.2. The van der Waals surface area contributed by atoms with Crippen LogP contribution in [0.25, 0.3) is 0 Å². The molecule has 0 aliphatic rings. The molecule has 1 aromatic rings. The van der Waals surface area contributed by atoms with Gasteiger partial charge in [-0.15, -0.1) is 0 Å². The van der Waals surface area contributed by atoms with Gasteiger partial charge in [0.1, 0.15) is 0 Å². The van der Waals surface area contributed by atoms with Crippen molar-refractivity contribution in [1.82, 2.24) is 9.47 Å². The number of aromatic carboxylic acids is 1. The standard InChI is InChI=1S/C14H22N2O3/c1-11(2)15(3)8-4-5-9-16-10-12(14(18)19)6-7-13(16)17/h6-7,10-11H,4-5,8-9H2,1-3H3,(H,18,19). The SMILES string of the molecule is CC(C)N(C)CCCCn1cc(C(=O)O)ccc1=O. The second kappa shape index (κ2) is 7.09. The highest BCUT2D eigenvalue weighted by molar-refractivity contribution is 5.87. The summed E-state index contributed by atoms with van der Waals surface area (Å²) in [6.07, 6.45) is 3.26. The number of aryl methyl sites for hydroxylation is 1. The second-order valence-electron chi connectivity index (χ2n) is 5.04. The Hall–Kier alpha value is -1.62. The van der Waals surface area contributed by atoms with Crippen LogP contribution in [0, 0.1) is 0 Å². The summed E-state index contributed by atoms with van der Waals surface area (Å²) >= 11 is 0. The van der Waals surface area contributed by atoms with Crippen LogP contribution in [0.3, 0.4) is 0 Å². The fraction of sp³-hybridized carbons (Fsp3) is 0.571. The zero-order valence-corrected chi connectivity index (χ0v) is 11.8. The molecular formula is C14H22N2O3. The molecule has 0 saturated heterocycles. The first-order valence-corrected chi connectivity index (χ1v) is 6.56. The highest BCUT2D eigenvalue weighted by Gasteiger charge is 2.06. The average Bonchev–Trinajstić information content (AvgIpc) is 2.35. The molecule has 1 aromatic heterocycles. The Morgan fingerprint density at radius 2 is 2.05 bits per heavy atom. The second-order valence-corrected chi connectivity index (χ2v) is 5.04. The summed E-state index contributed by atoms with van der Waals surface area (Å²) in [5.74, 6) is -1.01. The third kappa shape index (κ3) is 4.87. The van der Waals surface area contributed by atoms with Crippen molar-refractivity contribution in [2.24, 2.45) is 0 Å². The maximum atomic E-state index is 11.6. The summed E-state index contributed by atoms with van der Waals surface area (Å²) < 4.78 is 1.47. The quantitative estimate of drug-likeness (QED) is 0.762. The van der Waals surface area contributed by atoms with Crippen LogP contribution in [-0.2, 0) is 6.54 Å². The molecule has 106 valence electrons. The van der Waals surface area contributed by atoms with E-state index in [9.17, 15) is 9.59 Å². The van der Waals surface area contributed by atoms with Crippen LogP contribution >= 0.6 is 0 Å². The van der Waals surface area contributed by atoms with E-state index in [1.54, 1.807) is 0 Å². The molecule has 5 heteroatoms. The van der Waals surface area contributed by atoms with E-state index in [1.807, 2.05) is 0 Å². The van der Waals surface area contributed by atoms with Crippen LogP contribution in [-0.4, -0.2) is 40.2 Å². The first-order valence-electron chi connectivity index (χ1n) is 6.56. The number of hydrogen-bond acceptors (Lipinski definition) is 3. The lowest BCUT2D eigenvalue weighted by Gasteiger charge is -2.20. The molecule has 1 heterocycles. The van der Waals surface area contributed by atoms with Crippen molar-refractivity contribution < 1.29 is 9.90 Å². The monoisotopic (exact) mass is 266 g/mol. The zero-order chi connectivity index (χ0) is 14.4. The fourth-order valence-electron chi connectivity index (χ4n) is 1.73. The van der Waals surface area contributed by atoms with Crippen molar-refractivity contribution >= 4 is 5.97 Å². The van der Waals surface area contributed by atoms with Gasteiger partial charge in [-0.2, -0.15) is 0 Å². The lowest BCUT2D eigenvalue weighted by Crippen LogP contribution is -2.27. The number of aromatic nitrogens is 1. The van der Waals surface area contributed by atoms with Gasteiger partial charge in [0.05, 0.1) is 5.56 Å². The van der Waals surface area contributed by atoms with E-state index >= 15 is 0 Å². The van der Waals surface area contributed by atoms with Crippen molar-refractivity contribution in [2.75, 3.05) is 13.6 Å². The third-order valence-corrected chi connectivity index (χ3v) is 3.27. The Balaban J connectivity index is 2.51. The van der Waals surface area contributed by atoms with Crippen LogP contribution < -0.4 is 5.56 Å². The highest BCUT2D eigenvalue weighted by Crippen LogP contribution is 2.01. The molecule has 0 aliphatic heterocycles. The van der Waals surface area contributed by atoms with E-state index in [0.29, 0.717) is 12.6 Å². The van der Waals surface area contributed by atoms with Crippen LogP contribution in [0.5, 0.6) is 0 Å². The van der Waals surface area contributed by atoms with Crippen molar-refractivity contribution in [3.05, 3.63) is 34.2 Å². The molecule has 1 N–H and O–H groups in total. The maximum Gasteiger partial charge on any atom is 0.337 e. The molecule has 0 radical (unpaired) electrons. The lowest BCUT2D eigenvalue weighted by atomic mass is 10.2. The van der Waals surface area contributed by atoms with Gasteiger partial charge in [0.2, 0.25) is 0 Å².